The summed E-state index contributed by atoms with van der Waals surface area (Å²) in [5, 5.41) is 0. The van der Waals surface area contributed by atoms with Crippen molar-refractivity contribution in [2.24, 2.45) is 0 Å². The van der Waals surface area contributed by atoms with Crippen molar-refractivity contribution in [1.82, 2.24) is 9.88 Å². The molecule has 0 atom stereocenters. The van der Waals surface area contributed by atoms with E-state index in [1.807, 2.05) is 56.3 Å². The average Bonchev–Trinajstić information content (AvgIpc) is 2.42. The number of aryl methyl sites for hydroxylation is 2. The van der Waals surface area contributed by atoms with E-state index in [9.17, 15) is 4.79 Å². The van der Waals surface area contributed by atoms with Crippen LogP contribution in [-0.4, -0.2) is 35.0 Å². The molecule has 1 saturated heterocycles. The summed E-state index contributed by atoms with van der Waals surface area (Å²) in [6.07, 6.45) is 0.0358. The fourth-order valence-corrected chi connectivity index (χ4v) is 2.31. The predicted octanol–water partition coefficient (Wildman–Crippen LogP) is 2.60. The normalized spacial score (nSPS) is 14.7. The largest absolute Gasteiger partial charge is 0.471 e. The van der Waals surface area contributed by atoms with Gasteiger partial charge in [-0.25, -0.2) is 4.98 Å². The summed E-state index contributed by atoms with van der Waals surface area (Å²) in [6.45, 7) is 5.17. The molecule has 1 aromatic carbocycles. The highest BCUT2D eigenvalue weighted by Crippen LogP contribution is 2.19. The number of aromatic nitrogens is 1. The molecule has 4 heteroatoms. The van der Waals surface area contributed by atoms with Crippen LogP contribution < -0.4 is 4.74 Å². The minimum absolute atomic E-state index is 0.0358. The standard InChI is InChI=1S/C17H18N2O2/c1-12-6-8-14(9-7-12)17(20)19-10-15(11-19)21-16-5-3-4-13(2)18-16/h3-9,15H,10-11H2,1-2H3. The first-order chi connectivity index (χ1) is 10.1. The van der Waals surface area contributed by atoms with Crippen molar-refractivity contribution in [2.45, 2.75) is 20.0 Å². The van der Waals surface area contributed by atoms with Gasteiger partial charge in [0, 0.05) is 17.3 Å². The molecule has 0 bridgehead atoms. The maximum Gasteiger partial charge on any atom is 0.254 e. The van der Waals surface area contributed by atoms with Crippen molar-refractivity contribution >= 4 is 5.91 Å². The third kappa shape index (κ3) is 3.05. The van der Waals surface area contributed by atoms with Crippen molar-refractivity contribution in [1.29, 1.82) is 0 Å². The van der Waals surface area contributed by atoms with Gasteiger partial charge in [0.15, 0.2) is 0 Å². The van der Waals surface area contributed by atoms with Crippen molar-refractivity contribution in [2.75, 3.05) is 13.1 Å². The van der Waals surface area contributed by atoms with E-state index in [1.165, 1.54) is 0 Å². The number of carbonyl (C=O) groups excluding carboxylic acids is 1. The fourth-order valence-electron chi connectivity index (χ4n) is 2.31. The Morgan fingerprint density at radius 3 is 2.52 bits per heavy atom. The van der Waals surface area contributed by atoms with Crippen LogP contribution in [0.1, 0.15) is 21.6 Å². The van der Waals surface area contributed by atoms with Gasteiger partial charge < -0.3 is 9.64 Å². The Labute approximate surface area is 124 Å². The Balaban J connectivity index is 1.56. The third-order valence-corrected chi connectivity index (χ3v) is 3.58. The number of nitrogens with zero attached hydrogens (tertiary/aromatic N) is 2. The van der Waals surface area contributed by atoms with Crippen LogP contribution in [0.5, 0.6) is 5.88 Å². The van der Waals surface area contributed by atoms with Crippen molar-refractivity contribution in [3.8, 4) is 5.88 Å². The van der Waals surface area contributed by atoms with Crippen LogP contribution in [-0.2, 0) is 0 Å². The smallest absolute Gasteiger partial charge is 0.254 e. The topological polar surface area (TPSA) is 42.4 Å². The number of hydrogen-bond acceptors (Lipinski definition) is 3. The fraction of sp³-hybridized carbons (Fsp3) is 0.294. The highest BCUT2D eigenvalue weighted by atomic mass is 16.5. The monoisotopic (exact) mass is 282 g/mol. The van der Waals surface area contributed by atoms with E-state index in [-0.39, 0.29) is 12.0 Å². The van der Waals surface area contributed by atoms with E-state index >= 15 is 0 Å². The zero-order chi connectivity index (χ0) is 14.8. The van der Waals surface area contributed by atoms with Gasteiger partial charge in [0.2, 0.25) is 5.88 Å². The van der Waals surface area contributed by atoms with Gasteiger partial charge in [-0.1, -0.05) is 23.8 Å². The molecule has 21 heavy (non-hydrogen) atoms. The molecule has 0 spiro atoms. The second kappa shape index (κ2) is 5.56. The molecule has 2 heterocycles. The summed E-state index contributed by atoms with van der Waals surface area (Å²) in [5.74, 6) is 0.689. The first-order valence-corrected chi connectivity index (χ1v) is 7.08. The first kappa shape index (κ1) is 13.6. The van der Waals surface area contributed by atoms with Gasteiger partial charge in [-0.3, -0.25) is 4.79 Å². The van der Waals surface area contributed by atoms with E-state index in [4.69, 9.17) is 4.74 Å². The summed E-state index contributed by atoms with van der Waals surface area (Å²) in [7, 11) is 0. The molecule has 0 N–H and O–H groups in total. The number of likely N-dealkylation sites (tertiary alicyclic amines) is 1. The van der Waals surface area contributed by atoms with Gasteiger partial charge >= 0.3 is 0 Å². The molecule has 1 amide bonds. The van der Waals surface area contributed by atoms with Gasteiger partial charge in [0.1, 0.15) is 6.10 Å². The number of hydrogen-bond donors (Lipinski definition) is 0. The highest BCUT2D eigenvalue weighted by molar-refractivity contribution is 5.94. The van der Waals surface area contributed by atoms with Crippen LogP contribution in [0.25, 0.3) is 0 Å². The SMILES string of the molecule is Cc1ccc(C(=O)N2CC(Oc3cccc(C)n3)C2)cc1. The zero-order valence-electron chi connectivity index (χ0n) is 12.2. The molecule has 4 nitrogen and oxygen atoms in total. The first-order valence-electron chi connectivity index (χ1n) is 7.08. The van der Waals surface area contributed by atoms with Crippen molar-refractivity contribution in [3.05, 3.63) is 59.3 Å². The minimum atomic E-state index is 0.0358. The number of pyridine rings is 1. The lowest BCUT2D eigenvalue weighted by Crippen LogP contribution is -2.56. The zero-order valence-corrected chi connectivity index (χ0v) is 12.2. The van der Waals surface area contributed by atoms with E-state index in [0.717, 1.165) is 16.8 Å². The second-order valence-corrected chi connectivity index (χ2v) is 5.43. The molecule has 1 aromatic heterocycles. The lowest BCUT2D eigenvalue weighted by molar-refractivity contribution is 0.0159. The molecule has 0 radical (unpaired) electrons. The van der Waals surface area contributed by atoms with E-state index in [2.05, 4.69) is 4.98 Å². The average molecular weight is 282 g/mol. The third-order valence-electron chi connectivity index (χ3n) is 3.58. The molecular weight excluding hydrogens is 264 g/mol. The molecule has 0 aliphatic carbocycles. The highest BCUT2D eigenvalue weighted by Gasteiger charge is 2.32. The summed E-state index contributed by atoms with van der Waals surface area (Å²) < 4.78 is 5.76. The van der Waals surface area contributed by atoms with E-state index in [1.54, 1.807) is 4.90 Å². The van der Waals surface area contributed by atoms with Crippen LogP contribution in [0.3, 0.4) is 0 Å². The number of amides is 1. The Kier molecular flexibility index (Phi) is 3.60. The Hall–Kier alpha value is -2.36. The lowest BCUT2D eigenvalue weighted by atomic mass is 10.1. The molecule has 1 aliphatic rings. The quantitative estimate of drug-likeness (QED) is 0.869. The molecule has 108 valence electrons. The molecule has 2 aromatic rings. The van der Waals surface area contributed by atoms with Gasteiger partial charge in [-0.15, -0.1) is 0 Å². The van der Waals surface area contributed by atoms with Crippen molar-refractivity contribution in [3.63, 3.8) is 0 Å². The summed E-state index contributed by atoms with van der Waals surface area (Å²) in [5.41, 5.74) is 2.81. The van der Waals surface area contributed by atoms with Crippen LogP contribution in [0, 0.1) is 13.8 Å². The number of carbonyl (C=O) groups is 1. The Morgan fingerprint density at radius 1 is 1.14 bits per heavy atom. The molecule has 0 saturated carbocycles. The lowest BCUT2D eigenvalue weighted by Gasteiger charge is -2.38. The van der Waals surface area contributed by atoms with Gasteiger partial charge in [-0.05, 0) is 32.0 Å². The molecule has 3 rings (SSSR count). The summed E-state index contributed by atoms with van der Waals surface area (Å²) >= 11 is 0. The predicted molar refractivity (Wildman–Crippen MR) is 80.5 cm³/mol. The van der Waals surface area contributed by atoms with E-state index < -0.39 is 0 Å². The second-order valence-electron chi connectivity index (χ2n) is 5.43. The van der Waals surface area contributed by atoms with Gasteiger partial charge in [-0.2, -0.15) is 0 Å². The molecule has 1 fully saturated rings. The number of ether oxygens (including phenoxy) is 1. The van der Waals surface area contributed by atoms with Crippen LogP contribution in [0.4, 0.5) is 0 Å². The van der Waals surface area contributed by atoms with Crippen LogP contribution in [0.2, 0.25) is 0 Å². The van der Waals surface area contributed by atoms with Crippen molar-refractivity contribution < 1.29 is 9.53 Å². The van der Waals surface area contributed by atoms with E-state index in [0.29, 0.717) is 19.0 Å². The van der Waals surface area contributed by atoms with Gasteiger partial charge in [0.05, 0.1) is 13.1 Å². The maximum atomic E-state index is 12.2. The summed E-state index contributed by atoms with van der Waals surface area (Å²) in [6, 6.07) is 13.3. The molecule has 0 unspecified atom stereocenters. The van der Waals surface area contributed by atoms with Crippen LogP contribution >= 0.6 is 0 Å². The Bertz CT molecular complexity index is 646. The number of rotatable bonds is 3. The Morgan fingerprint density at radius 2 is 1.86 bits per heavy atom. The summed E-state index contributed by atoms with van der Waals surface area (Å²) in [4.78, 5) is 18.3. The van der Waals surface area contributed by atoms with Crippen LogP contribution in [0.15, 0.2) is 42.5 Å². The maximum absolute atomic E-state index is 12.2. The molecule has 1 aliphatic heterocycles. The van der Waals surface area contributed by atoms with Gasteiger partial charge in [0.25, 0.3) is 5.91 Å². The molecular formula is C17H18N2O2. The minimum Gasteiger partial charge on any atom is -0.471 e. The number of benzene rings is 1.